The van der Waals surface area contributed by atoms with Crippen molar-refractivity contribution in [2.45, 2.75) is 25.3 Å². The number of ketones is 2. The van der Waals surface area contributed by atoms with E-state index in [0.29, 0.717) is 35.2 Å². The molecular formula is C20H22N2O4. The molecule has 0 aliphatic heterocycles. The smallest absolute Gasteiger partial charge is 0.320 e. The van der Waals surface area contributed by atoms with Gasteiger partial charge in [0.15, 0.2) is 11.6 Å². The van der Waals surface area contributed by atoms with Crippen LogP contribution in [0.3, 0.4) is 0 Å². The maximum absolute atomic E-state index is 12.1. The molecule has 1 aliphatic carbocycles. The molecule has 0 saturated heterocycles. The molecule has 2 aromatic rings. The molecule has 6 nitrogen and oxygen atoms in total. The maximum atomic E-state index is 12.1. The summed E-state index contributed by atoms with van der Waals surface area (Å²) in [5, 5.41) is 8.33. The number of carboxylic acids is 1. The molecule has 0 heterocycles. The highest BCUT2D eigenvalue weighted by atomic mass is 16.4. The molecular weight excluding hydrogens is 332 g/mol. The summed E-state index contributed by atoms with van der Waals surface area (Å²) in [6.07, 6.45) is 2.16. The van der Waals surface area contributed by atoms with E-state index in [4.69, 9.17) is 16.6 Å². The SMILES string of the molecule is NCCCC[C@H](N)C(=O)O.O=C1c2ccccc2C(=O)c2ccccc21. The van der Waals surface area contributed by atoms with Crippen LogP contribution in [0.5, 0.6) is 0 Å². The Hall–Kier alpha value is -2.83. The summed E-state index contributed by atoms with van der Waals surface area (Å²) < 4.78 is 0. The van der Waals surface area contributed by atoms with Gasteiger partial charge in [-0.1, -0.05) is 55.0 Å². The third-order valence-corrected chi connectivity index (χ3v) is 4.12. The minimum Gasteiger partial charge on any atom is -0.480 e. The average molecular weight is 354 g/mol. The lowest BCUT2D eigenvalue weighted by Crippen LogP contribution is -2.29. The molecule has 5 N–H and O–H groups in total. The molecule has 0 spiro atoms. The van der Waals surface area contributed by atoms with Gasteiger partial charge in [-0.2, -0.15) is 0 Å². The zero-order valence-electron chi connectivity index (χ0n) is 14.4. The van der Waals surface area contributed by atoms with Crippen molar-refractivity contribution in [3.05, 3.63) is 70.8 Å². The van der Waals surface area contributed by atoms with E-state index in [9.17, 15) is 14.4 Å². The number of fused-ring (bicyclic) bond motifs is 2. The highest BCUT2D eigenvalue weighted by Gasteiger charge is 2.28. The van der Waals surface area contributed by atoms with Crippen LogP contribution >= 0.6 is 0 Å². The van der Waals surface area contributed by atoms with Gasteiger partial charge in [0.25, 0.3) is 0 Å². The van der Waals surface area contributed by atoms with Crippen LogP contribution in [-0.2, 0) is 4.79 Å². The van der Waals surface area contributed by atoms with Crippen LogP contribution in [0.1, 0.15) is 51.1 Å². The lowest BCUT2D eigenvalue weighted by atomic mass is 9.84. The molecule has 1 atom stereocenters. The number of carbonyl (C=O) groups is 3. The molecule has 26 heavy (non-hydrogen) atoms. The molecule has 0 bridgehead atoms. The third kappa shape index (κ3) is 4.41. The Kier molecular flexibility index (Phi) is 6.77. The molecule has 0 fully saturated rings. The van der Waals surface area contributed by atoms with Crippen molar-refractivity contribution < 1.29 is 19.5 Å². The fraction of sp³-hybridized carbons (Fsp3) is 0.250. The zero-order chi connectivity index (χ0) is 19.1. The summed E-state index contributed by atoms with van der Waals surface area (Å²) in [5.74, 6) is -1.06. The van der Waals surface area contributed by atoms with Crippen LogP contribution in [0.15, 0.2) is 48.5 Å². The molecule has 0 amide bonds. The van der Waals surface area contributed by atoms with Gasteiger partial charge in [0.1, 0.15) is 6.04 Å². The minimum absolute atomic E-state index is 0.0641. The Morgan fingerprint density at radius 3 is 1.54 bits per heavy atom. The van der Waals surface area contributed by atoms with Gasteiger partial charge in [-0.3, -0.25) is 14.4 Å². The van der Waals surface area contributed by atoms with Gasteiger partial charge >= 0.3 is 5.97 Å². The first-order valence-electron chi connectivity index (χ1n) is 8.43. The largest absolute Gasteiger partial charge is 0.480 e. The van der Waals surface area contributed by atoms with E-state index in [1.165, 1.54) is 0 Å². The summed E-state index contributed by atoms with van der Waals surface area (Å²) in [4.78, 5) is 34.3. The van der Waals surface area contributed by atoms with Crippen LogP contribution in [0.4, 0.5) is 0 Å². The Labute approximate surface area is 151 Å². The Balaban J connectivity index is 0.000000213. The number of hydrogen-bond acceptors (Lipinski definition) is 5. The summed E-state index contributed by atoms with van der Waals surface area (Å²) in [5.41, 5.74) is 12.4. The first kappa shape index (κ1) is 19.5. The van der Waals surface area contributed by atoms with Gasteiger partial charge in [-0.05, 0) is 19.4 Å². The normalized spacial score (nSPS) is 13.2. The number of nitrogens with two attached hydrogens (primary N) is 2. The summed E-state index contributed by atoms with van der Waals surface area (Å²) in [6, 6.07) is 13.2. The van der Waals surface area contributed by atoms with Crippen LogP contribution in [-0.4, -0.2) is 35.2 Å². The van der Waals surface area contributed by atoms with Crippen LogP contribution < -0.4 is 11.5 Å². The Bertz CT molecular complexity index is 711. The van der Waals surface area contributed by atoms with Crippen molar-refractivity contribution in [3.8, 4) is 0 Å². The van der Waals surface area contributed by atoms with Gasteiger partial charge in [-0.25, -0.2) is 0 Å². The standard InChI is InChI=1S/C14H8O2.C6H14N2O2/c15-13-9-5-1-2-6-10(9)14(16)12-8-4-3-7-11(12)13;7-4-2-1-3-5(8)6(9)10/h1-8H;5H,1-4,7-8H2,(H,9,10)/t;5-/m.0/s1. The molecule has 3 rings (SSSR count). The summed E-state index contributed by atoms with van der Waals surface area (Å²) >= 11 is 0. The first-order valence-corrected chi connectivity index (χ1v) is 8.43. The number of carbonyl (C=O) groups excluding carboxylic acids is 2. The van der Waals surface area contributed by atoms with Gasteiger partial charge in [0.05, 0.1) is 0 Å². The van der Waals surface area contributed by atoms with E-state index in [1.54, 1.807) is 48.5 Å². The molecule has 136 valence electrons. The monoisotopic (exact) mass is 354 g/mol. The lowest BCUT2D eigenvalue weighted by Gasteiger charge is -2.16. The van der Waals surface area contributed by atoms with Gasteiger partial charge in [0, 0.05) is 22.3 Å². The van der Waals surface area contributed by atoms with Crippen LogP contribution in [0.25, 0.3) is 0 Å². The van der Waals surface area contributed by atoms with Gasteiger partial charge in [0.2, 0.25) is 0 Å². The molecule has 0 unspecified atom stereocenters. The first-order chi connectivity index (χ1) is 12.5. The van der Waals surface area contributed by atoms with Crippen molar-refractivity contribution in [1.29, 1.82) is 0 Å². The molecule has 6 heteroatoms. The average Bonchev–Trinajstić information content (AvgIpc) is 2.66. The van der Waals surface area contributed by atoms with E-state index in [0.717, 1.165) is 12.8 Å². The second kappa shape index (κ2) is 9.03. The summed E-state index contributed by atoms with van der Waals surface area (Å²) in [7, 11) is 0. The molecule has 2 aromatic carbocycles. The second-order valence-corrected chi connectivity index (χ2v) is 5.98. The van der Waals surface area contributed by atoms with E-state index >= 15 is 0 Å². The predicted octanol–water partition coefficient (Wildman–Crippen LogP) is 1.99. The zero-order valence-corrected chi connectivity index (χ0v) is 14.4. The quantitative estimate of drug-likeness (QED) is 0.602. The Morgan fingerprint density at radius 2 is 1.23 bits per heavy atom. The highest BCUT2D eigenvalue weighted by Crippen LogP contribution is 2.26. The molecule has 1 aliphatic rings. The Morgan fingerprint density at radius 1 is 0.846 bits per heavy atom. The number of rotatable bonds is 5. The van der Waals surface area contributed by atoms with Crippen LogP contribution in [0.2, 0.25) is 0 Å². The van der Waals surface area contributed by atoms with Crippen molar-refractivity contribution >= 4 is 17.5 Å². The highest BCUT2D eigenvalue weighted by molar-refractivity contribution is 6.28. The molecule has 0 saturated carbocycles. The maximum Gasteiger partial charge on any atom is 0.320 e. The fourth-order valence-electron chi connectivity index (χ4n) is 2.68. The van der Waals surface area contributed by atoms with Crippen molar-refractivity contribution in [3.63, 3.8) is 0 Å². The lowest BCUT2D eigenvalue weighted by molar-refractivity contribution is -0.138. The van der Waals surface area contributed by atoms with E-state index < -0.39 is 12.0 Å². The fourth-order valence-corrected chi connectivity index (χ4v) is 2.68. The summed E-state index contributed by atoms with van der Waals surface area (Å²) in [6.45, 7) is 0.604. The third-order valence-electron chi connectivity index (χ3n) is 4.12. The molecule has 0 aromatic heterocycles. The number of hydrogen-bond donors (Lipinski definition) is 3. The van der Waals surface area contributed by atoms with E-state index in [-0.39, 0.29) is 11.6 Å². The molecule has 0 radical (unpaired) electrons. The minimum atomic E-state index is -0.933. The van der Waals surface area contributed by atoms with Gasteiger partial charge < -0.3 is 16.6 Å². The number of benzene rings is 2. The van der Waals surface area contributed by atoms with Gasteiger partial charge in [-0.15, -0.1) is 0 Å². The van der Waals surface area contributed by atoms with Crippen molar-refractivity contribution in [2.75, 3.05) is 6.54 Å². The predicted molar refractivity (Wildman–Crippen MR) is 98.3 cm³/mol. The number of aliphatic carboxylic acids is 1. The van der Waals surface area contributed by atoms with Crippen LogP contribution in [0, 0.1) is 0 Å². The van der Waals surface area contributed by atoms with E-state index in [2.05, 4.69) is 0 Å². The number of unbranched alkanes of at least 4 members (excludes halogenated alkanes) is 1. The number of carboxylic acid groups (broad SMARTS) is 1. The van der Waals surface area contributed by atoms with Crippen molar-refractivity contribution in [2.24, 2.45) is 11.5 Å². The second-order valence-electron chi connectivity index (χ2n) is 5.98. The topological polar surface area (TPSA) is 123 Å². The van der Waals surface area contributed by atoms with E-state index in [1.807, 2.05) is 0 Å². The van der Waals surface area contributed by atoms with Crippen molar-refractivity contribution in [1.82, 2.24) is 0 Å².